The fourth-order valence-corrected chi connectivity index (χ4v) is 4.07. The van der Waals surface area contributed by atoms with Crippen LogP contribution in [0.25, 0.3) is 0 Å². The molecule has 0 atom stereocenters. The Balaban J connectivity index is 1.72. The second-order valence-electron chi connectivity index (χ2n) is 7.01. The number of aromatic hydroxyl groups is 1. The van der Waals surface area contributed by atoms with Crippen LogP contribution >= 0.6 is 0 Å². The van der Waals surface area contributed by atoms with Gasteiger partial charge in [-0.2, -0.15) is 0 Å². The zero-order valence-corrected chi connectivity index (χ0v) is 14.1. The van der Waals surface area contributed by atoms with E-state index in [0.717, 1.165) is 25.2 Å². The van der Waals surface area contributed by atoms with Crippen molar-refractivity contribution in [2.45, 2.75) is 32.2 Å². The van der Waals surface area contributed by atoms with Crippen LogP contribution in [0.3, 0.4) is 0 Å². The van der Waals surface area contributed by atoms with E-state index < -0.39 is 0 Å². The fraction of sp³-hybridized carbons (Fsp3) is 0.579. The lowest BCUT2D eigenvalue weighted by atomic mass is 9.78. The first-order valence-corrected chi connectivity index (χ1v) is 8.58. The number of nitrogens with one attached hydrogen (secondary N) is 1. The number of piperidine rings is 1. The van der Waals surface area contributed by atoms with E-state index in [0.29, 0.717) is 17.6 Å². The zero-order chi connectivity index (χ0) is 16.3. The van der Waals surface area contributed by atoms with Crippen LogP contribution < -0.4 is 10.1 Å². The number of benzene rings is 1. The Hall–Kier alpha value is -1.52. The van der Waals surface area contributed by atoms with Crippen LogP contribution in [0.1, 0.15) is 30.4 Å². The molecule has 0 aliphatic carbocycles. The van der Waals surface area contributed by atoms with Gasteiger partial charge in [0.05, 0.1) is 7.11 Å². The lowest BCUT2D eigenvalue weighted by Gasteiger charge is -2.34. The summed E-state index contributed by atoms with van der Waals surface area (Å²) in [6, 6.07) is 4.06. The third-order valence-electron chi connectivity index (χ3n) is 5.39. The van der Waals surface area contributed by atoms with Crippen LogP contribution in [0.4, 0.5) is 0 Å². The summed E-state index contributed by atoms with van der Waals surface area (Å²) in [5.74, 6) is 0.808. The highest BCUT2D eigenvalue weighted by Gasteiger charge is 2.38. The number of allylic oxidation sites excluding steroid dienone is 1. The molecule has 1 spiro atoms. The number of ether oxygens (including phenoxy) is 1. The van der Waals surface area contributed by atoms with Crippen LogP contribution in [-0.4, -0.2) is 43.3 Å². The Labute approximate surface area is 139 Å². The first kappa shape index (κ1) is 16.3. The first-order valence-electron chi connectivity index (χ1n) is 8.58. The summed E-state index contributed by atoms with van der Waals surface area (Å²) in [5, 5.41) is 13.7. The molecule has 0 aromatic heterocycles. The maximum atomic E-state index is 10.2. The van der Waals surface area contributed by atoms with Gasteiger partial charge < -0.3 is 15.2 Å². The van der Waals surface area contributed by atoms with Crippen molar-refractivity contribution in [1.82, 2.24) is 10.2 Å². The minimum atomic E-state index is 0.243. The Bertz CT molecular complexity index is 565. The summed E-state index contributed by atoms with van der Waals surface area (Å²) in [6.07, 6.45) is 6.38. The molecule has 1 aromatic rings. The Kier molecular flexibility index (Phi) is 4.93. The van der Waals surface area contributed by atoms with E-state index in [1.54, 1.807) is 7.11 Å². The number of likely N-dealkylation sites (tertiary alicyclic amines) is 1. The van der Waals surface area contributed by atoms with E-state index in [9.17, 15) is 5.11 Å². The Morgan fingerprint density at radius 3 is 2.83 bits per heavy atom. The average Bonchev–Trinajstić information content (AvgIpc) is 2.93. The van der Waals surface area contributed by atoms with Gasteiger partial charge in [-0.15, -0.1) is 6.58 Å². The molecule has 4 heteroatoms. The molecular weight excluding hydrogens is 288 g/mol. The van der Waals surface area contributed by atoms with Crippen molar-refractivity contribution in [3.05, 3.63) is 35.9 Å². The molecule has 126 valence electrons. The van der Waals surface area contributed by atoms with E-state index in [1.165, 1.54) is 37.9 Å². The van der Waals surface area contributed by atoms with Gasteiger partial charge >= 0.3 is 0 Å². The van der Waals surface area contributed by atoms with Crippen LogP contribution in [0.2, 0.25) is 0 Å². The minimum Gasteiger partial charge on any atom is -0.504 e. The van der Waals surface area contributed by atoms with Gasteiger partial charge in [-0.1, -0.05) is 12.1 Å². The van der Waals surface area contributed by atoms with Gasteiger partial charge in [0.2, 0.25) is 0 Å². The van der Waals surface area contributed by atoms with E-state index in [-0.39, 0.29) is 5.75 Å². The number of methoxy groups -OCH3 is 1. The third-order valence-corrected chi connectivity index (χ3v) is 5.39. The zero-order valence-electron chi connectivity index (χ0n) is 14.1. The lowest BCUT2D eigenvalue weighted by Crippen LogP contribution is -2.38. The van der Waals surface area contributed by atoms with Crippen LogP contribution in [0.15, 0.2) is 24.8 Å². The van der Waals surface area contributed by atoms with Crippen molar-refractivity contribution in [3.63, 3.8) is 0 Å². The smallest absolute Gasteiger partial charge is 0.161 e. The summed E-state index contributed by atoms with van der Waals surface area (Å²) >= 11 is 0. The Morgan fingerprint density at radius 2 is 2.13 bits per heavy atom. The lowest BCUT2D eigenvalue weighted by molar-refractivity contribution is 0.194. The van der Waals surface area contributed by atoms with Gasteiger partial charge in [-0.3, -0.25) is 4.90 Å². The highest BCUT2D eigenvalue weighted by Crippen LogP contribution is 2.39. The van der Waals surface area contributed by atoms with Gasteiger partial charge in [0.25, 0.3) is 0 Å². The van der Waals surface area contributed by atoms with Crippen molar-refractivity contribution in [1.29, 1.82) is 0 Å². The third kappa shape index (κ3) is 3.54. The summed E-state index contributed by atoms with van der Waals surface area (Å²) in [7, 11) is 1.61. The predicted molar refractivity (Wildman–Crippen MR) is 93.0 cm³/mol. The SMILES string of the molecule is C=CCc1cc(CN2CCC3(CCNCC3)C2)cc(OC)c1O. The van der Waals surface area contributed by atoms with E-state index in [2.05, 4.69) is 22.9 Å². The van der Waals surface area contributed by atoms with E-state index in [4.69, 9.17) is 4.74 Å². The topological polar surface area (TPSA) is 44.7 Å². The number of hydrogen-bond donors (Lipinski definition) is 2. The van der Waals surface area contributed by atoms with Gasteiger partial charge in [-0.05, 0) is 62.4 Å². The molecular formula is C19H28N2O2. The van der Waals surface area contributed by atoms with Crippen LogP contribution in [0.5, 0.6) is 11.5 Å². The fourth-order valence-electron chi connectivity index (χ4n) is 4.07. The average molecular weight is 316 g/mol. The molecule has 0 saturated carbocycles. The monoisotopic (exact) mass is 316 g/mol. The molecule has 2 saturated heterocycles. The second-order valence-corrected chi connectivity index (χ2v) is 7.01. The highest BCUT2D eigenvalue weighted by molar-refractivity contribution is 5.49. The van der Waals surface area contributed by atoms with Gasteiger partial charge in [0.1, 0.15) is 0 Å². The molecule has 4 nitrogen and oxygen atoms in total. The summed E-state index contributed by atoms with van der Waals surface area (Å²) in [6.45, 7) is 9.37. The van der Waals surface area contributed by atoms with Crippen molar-refractivity contribution >= 4 is 0 Å². The molecule has 2 fully saturated rings. The van der Waals surface area contributed by atoms with Gasteiger partial charge in [0.15, 0.2) is 11.5 Å². The van der Waals surface area contributed by atoms with E-state index >= 15 is 0 Å². The number of phenols is 1. The van der Waals surface area contributed by atoms with Crippen LogP contribution in [0, 0.1) is 5.41 Å². The quantitative estimate of drug-likeness (QED) is 0.820. The maximum Gasteiger partial charge on any atom is 0.161 e. The normalized spacial score (nSPS) is 20.7. The highest BCUT2D eigenvalue weighted by atomic mass is 16.5. The molecule has 2 aliphatic rings. The summed E-state index contributed by atoms with van der Waals surface area (Å²) in [4.78, 5) is 2.55. The van der Waals surface area contributed by atoms with Crippen molar-refractivity contribution in [2.24, 2.45) is 5.41 Å². The second kappa shape index (κ2) is 6.93. The van der Waals surface area contributed by atoms with Crippen molar-refractivity contribution < 1.29 is 9.84 Å². The van der Waals surface area contributed by atoms with Gasteiger partial charge in [0, 0.05) is 18.7 Å². The Morgan fingerprint density at radius 1 is 1.35 bits per heavy atom. The van der Waals surface area contributed by atoms with Crippen LogP contribution in [-0.2, 0) is 13.0 Å². The predicted octanol–water partition coefficient (Wildman–Crippen LogP) is 2.70. The first-order chi connectivity index (χ1) is 11.2. The standard InChI is InChI=1S/C19H28N2O2/c1-3-4-16-11-15(12-17(23-2)18(16)22)13-21-10-7-19(14-21)5-8-20-9-6-19/h3,11-12,20,22H,1,4-10,13-14H2,2H3. The summed E-state index contributed by atoms with van der Waals surface area (Å²) in [5.41, 5.74) is 2.63. The number of hydrogen-bond acceptors (Lipinski definition) is 4. The molecule has 1 aromatic carbocycles. The molecule has 2 heterocycles. The van der Waals surface area contributed by atoms with E-state index in [1.807, 2.05) is 12.1 Å². The maximum absolute atomic E-state index is 10.2. The molecule has 3 rings (SSSR count). The van der Waals surface area contributed by atoms with Crippen molar-refractivity contribution in [2.75, 3.05) is 33.3 Å². The molecule has 0 unspecified atom stereocenters. The number of rotatable bonds is 5. The molecule has 0 radical (unpaired) electrons. The largest absolute Gasteiger partial charge is 0.504 e. The number of nitrogens with zero attached hydrogens (tertiary/aromatic N) is 1. The molecule has 23 heavy (non-hydrogen) atoms. The molecule has 2 N–H and O–H groups in total. The molecule has 2 aliphatic heterocycles. The minimum absolute atomic E-state index is 0.243. The summed E-state index contributed by atoms with van der Waals surface area (Å²) < 4.78 is 5.34. The molecule has 0 bridgehead atoms. The van der Waals surface area contributed by atoms with Gasteiger partial charge in [-0.25, -0.2) is 0 Å². The number of phenolic OH excluding ortho intramolecular Hbond substituents is 1. The van der Waals surface area contributed by atoms with Crippen molar-refractivity contribution in [3.8, 4) is 11.5 Å². The molecule has 0 amide bonds.